The molecule has 0 saturated heterocycles. The summed E-state index contributed by atoms with van der Waals surface area (Å²) in [6.07, 6.45) is -0.784. The summed E-state index contributed by atoms with van der Waals surface area (Å²) in [5, 5.41) is 17.3. The Hall–Kier alpha value is -0.610. The topological polar surface area (TPSA) is 66.8 Å². The van der Waals surface area contributed by atoms with Gasteiger partial charge in [-0.2, -0.15) is 0 Å². The van der Waals surface area contributed by atoms with Crippen molar-refractivity contribution in [3.8, 4) is 0 Å². The number of esters is 1. The first-order valence-corrected chi connectivity index (χ1v) is 4.45. The van der Waals surface area contributed by atoms with Crippen molar-refractivity contribution in [1.82, 2.24) is 0 Å². The molecule has 0 spiro atoms. The van der Waals surface area contributed by atoms with Crippen LogP contribution in [0, 0.1) is 11.8 Å². The van der Waals surface area contributed by atoms with Crippen LogP contribution in [0.1, 0.15) is 20.8 Å². The number of aliphatic hydroxyl groups is 2. The predicted molar refractivity (Wildman–Crippen MR) is 48.1 cm³/mol. The molecule has 78 valence electrons. The predicted octanol–water partition coefficient (Wildman–Crippen LogP) is 0.175. The second-order valence-corrected chi connectivity index (χ2v) is 3.46. The molecular weight excluding hydrogens is 172 g/mol. The summed E-state index contributed by atoms with van der Waals surface area (Å²) in [5.74, 6) is -0.380. The van der Waals surface area contributed by atoms with Crippen LogP contribution in [0.5, 0.6) is 0 Å². The van der Waals surface area contributed by atoms with Crippen LogP contribution >= 0.6 is 0 Å². The Labute approximate surface area is 78.5 Å². The molecule has 0 fully saturated rings. The van der Waals surface area contributed by atoms with Crippen LogP contribution in [0.3, 0.4) is 0 Å². The highest BCUT2D eigenvalue weighted by Crippen LogP contribution is 2.12. The lowest BCUT2D eigenvalue weighted by Crippen LogP contribution is -2.30. The Kier molecular flexibility index (Phi) is 5.66. The Morgan fingerprint density at radius 1 is 1.23 bits per heavy atom. The van der Waals surface area contributed by atoms with Gasteiger partial charge < -0.3 is 14.9 Å². The van der Waals surface area contributed by atoms with E-state index in [1.165, 1.54) is 0 Å². The van der Waals surface area contributed by atoms with Gasteiger partial charge in [-0.25, -0.2) is 0 Å². The highest BCUT2D eigenvalue weighted by Gasteiger charge is 2.21. The fourth-order valence-electron chi connectivity index (χ4n) is 0.676. The summed E-state index contributed by atoms with van der Waals surface area (Å²) in [6.45, 7) is 4.91. The first kappa shape index (κ1) is 12.4. The standard InChI is InChI=1S/C9H18O4/c1-6(2)7(3)9(12)13-8(4-10)5-11/h6-8,10-11H,4-5H2,1-3H3/t7-/m0/s1. The van der Waals surface area contributed by atoms with Gasteiger partial charge in [0.15, 0.2) is 0 Å². The normalized spacial score (nSPS) is 13.5. The zero-order chi connectivity index (χ0) is 10.4. The molecule has 0 unspecified atom stereocenters. The third-order valence-corrected chi connectivity index (χ3v) is 2.06. The van der Waals surface area contributed by atoms with E-state index in [9.17, 15) is 4.79 Å². The molecule has 0 heterocycles. The van der Waals surface area contributed by atoms with Crippen LogP contribution in [0.4, 0.5) is 0 Å². The smallest absolute Gasteiger partial charge is 0.309 e. The molecule has 0 rings (SSSR count). The molecule has 0 saturated carbocycles. The minimum atomic E-state index is -0.784. The largest absolute Gasteiger partial charge is 0.457 e. The fraction of sp³-hybridized carbons (Fsp3) is 0.889. The van der Waals surface area contributed by atoms with Gasteiger partial charge in [-0.1, -0.05) is 20.8 Å². The zero-order valence-electron chi connectivity index (χ0n) is 8.36. The minimum absolute atomic E-state index is 0.200. The second kappa shape index (κ2) is 5.94. The monoisotopic (exact) mass is 190 g/mol. The molecule has 1 atom stereocenters. The fourth-order valence-corrected chi connectivity index (χ4v) is 0.676. The lowest BCUT2D eigenvalue weighted by atomic mass is 9.98. The van der Waals surface area contributed by atoms with E-state index in [1.807, 2.05) is 13.8 Å². The number of carbonyl (C=O) groups is 1. The van der Waals surface area contributed by atoms with E-state index >= 15 is 0 Å². The maximum absolute atomic E-state index is 11.3. The summed E-state index contributed by atoms with van der Waals surface area (Å²) in [6, 6.07) is 0. The summed E-state index contributed by atoms with van der Waals surface area (Å²) in [5.41, 5.74) is 0. The number of rotatable bonds is 5. The van der Waals surface area contributed by atoms with Crippen LogP contribution in [0.2, 0.25) is 0 Å². The molecule has 0 aromatic rings. The molecule has 0 radical (unpaired) electrons. The number of hydrogen-bond acceptors (Lipinski definition) is 4. The minimum Gasteiger partial charge on any atom is -0.457 e. The van der Waals surface area contributed by atoms with Crippen LogP contribution in [-0.4, -0.2) is 35.5 Å². The molecule has 4 nitrogen and oxygen atoms in total. The molecule has 4 heteroatoms. The van der Waals surface area contributed by atoms with E-state index in [2.05, 4.69) is 0 Å². The van der Waals surface area contributed by atoms with Crippen LogP contribution in [-0.2, 0) is 9.53 Å². The number of aliphatic hydroxyl groups excluding tert-OH is 2. The van der Waals surface area contributed by atoms with E-state index in [4.69, 9.17) is 14.9 Å². The average molecular weight is 190 g/mol. The van der Waals surface area contributed by atoms with Gasteiger partial charge in [0.1, 0.15) is 6.10 Å². The van der Waals surface area contributed by atoms with Crippen molar-refractivity contribution in [2.24, 2.45) is 11.8 Å². The average Bonchev–Trinajstić information content (AvgIpc) is 2.12. The quantitative estimate of drug-likeness (QED) is 0.607. The van der Waals surface area contributed by atoms with Gasteiger partial charge in [0.25, 0.3) is 0 Å². The Morgan fingerprint density at radius 2 is 1.69 bits per heavy atom. The molecule has 0 aliphatic carbocycles. The van der Waals surface area contributed by atoms with Gasteiger partial charge >= 0.3 is 5.97 Å². The molecule has 2 N–H and O–H groups in total. The maximum Gasteiger partial charge on any atom is 0.309 e. The SMILES string of the molecule is CC(C)[C@H](C)C(=O)OC(CO)CO. The van der Waals surface area contributed by atoms with E-state index in [-0.39, 0.29) is 31.0 Å². The van der Waals surface area contributed by atoms with Crippen LogP contribution < -0.4 is 0 Å². The lowest BCUT2D eigenvalue weighted by molar-refractivity contribution is -0.159. The van der Waals surface area contributed by atoms with E-state index in [1.54, 1.807) is 6.92 Å². The highest BCUT2D eigenvalue weighted by atomic mass is 16.6. The van der Waals surface area contributed by atoms with Gasteiger partial charge in [0.2, 0.25) is 0 Å². The first-order chi connectivity index (χ1) is 6.02. The van der Waals surface area contributed by atoms with Crippen molar-refractivity contribution >= 4 is 5.97 Å². The highest BCUT2D eigenvalue weighted by molar-refractivity contribution is 5.72. The van der Waals surface area contributed by atoms with Crippen molar-refractivity contribution in [1.29, 1.82) is 0 Å². The van der Waals surface area contributed by atoms with E-state index < -0.39 is 6.10 Å². The Balaban J connectivity index is 3.98. The van der Waals surface area contributed by atoms with Crippen molar-refractivity contribution in [2.75, 3.05) is 13.2 Å². The van der Waals surface area contributed by atoms with E-state index in [0.29, 0.717) is 0 Å². The first-order valence-electron chi connectivity index (χ1n) is 4.45. The number of hydrogen-bond donors (Lipinski definition) is 2. The van der Waals surface area contributed by atoms with Crippen molar-refractivity contribution < 1.29 is 19.7 Å². The van der Waals surface area contributed by atoms with Gasteiger partial charge in [0.05, 0.1) is 19.1 Å². The van der Waals surface area contributed by atoms with Crippen molar-refractivity contribution in [3.05, 3.63) is 0 Å². The van der Waals surface area contributed by atoms with Gasteiger partial charge in [-0.3, -0.25) is 4.79 Å². The third kappa shape index (κ3) is 4.24. The molecule has 0 bridgehead atoms. The lowest BCUT2D eigenvalue weighted by Gasteiger charge is -2.18. The maximum atomic E-state index is 11.3. The molecule has 0 aliphatic heterocycles. The zero-order valence-corrected chi connectivity index (χ0v) is 8.36. The molecule has 0 aliphatic rings. The Morgan fingerprint density at radius 3 is 2.00 bits per heavy atom. The molecular formula is C9H18O4. The summed E-state index contributed by atoms with van der Waals surface area (Å²) < 4.78 is 4.83. The molecule has 0 aromatic carbocycles. The number of carbonyl (C=O) groups excluding carboxylic acids is 1. The summed E-state index contributed by atoms with van der Waals surface area (Å²) in [7, 11) is 0. The third-order valence-electron chi connectivity index (χ3n) is 2.06. The Bertz CT molecular complexity index is 152. The molecule has 0 amide bonds. The number of ether oxygens (including phenoxy) is 1. The van der Waals surface area contributed by atoms with Crippen molar-refractivity contribution in [2.45, 2.75) is 26.9 Å². The van der Waals surface area contributed by atoms with E-state index in [0.717, 1.165) is 0 Å². The molecule has 0 aromatic heterocycles. The summed E-state index contributed by atoms with van der Waals surface area (Å²) in [4.78, 5) is 11.3. The van der Waals surface area contributed by atoms with Gasteiger partial charge in [-0.15, -0.1) is 0 Å². The van der Waals surface area contributed by atoms with Gasteiger partial charge in [-0.05, 0) is 5.92 Å². The van der Waals surface area contributed by atoms with Crippen LogP contribution in [0.15, 0.2) is 0 Å². The van der Waals surface area contributed by atoms with Gasteiger partial charge in [0, 0.05) is 0 Å². The second-order valence-electron chi connectivity index (χ2n) is 3.46. The summed E-state index contributed by atoms with van der Waals surface area (Å²) >= 11 is 0. The van der Waals surface area contributed by atoms with Crippen molar-refractivity contribution in [3.63, 3.8) is 0 Å². The van der Waals surface area contributed by atoms with Crippen LogP contribution in [0.25, 0.3) is 0 Å². The molecule has 13 heavy (non-hydrogen) atoms.